The lowest BCUT2D eigenvalue weighted by Crippen LogP contribution is -3.00. The number of halogens is 3. The third-order valence-corrected chi connectivity index (χ3v) is 18.2. The molecule has 226 valence electrons. The molecule has 3 aromatic carbocycles. The van der Waals surface area contributed by atoms with Crippen LogP contribution in [0.25, 0.3) is 0 Å². The van der Waals surface area contributed by atoms with E-state index in [0.717, 1.165) is 12.8 Å². The van der Waals surface area contributed by atoms with Gasteiger partial charge < -0.3 is 28.4 Å². The lowest BCUT2D eigenvalue weighted by molar-refractivity contribution is -0.00000902. The van der Waals surface area contributed by atoms with E-state index in [9.17, 15) is 0 Å². The molecular formula is C35H50Cl2IOPSi. The Hall–Kier alpha value is -0.423. The molecule has 0 radical (unpaired) electrons. The SMILES string of the molecule is CC(C)(C)[Si](C)(C)OCC(Cl)(Cl)CCCCCCCCC[P+](c1ccccc1)(c1ccccc1)c1ccccc1.[I-]. The monoisotopic (exact) mass is 742 g/mol. The fourth-order valence-corrected chi connectivity index (χ4v) is 11.1. The zero-order valence-corrected chi connectivity index (χ0v) is 31.3. The van der Waals surface area contributed by atoms with Crippen LogP contribution in [-0.2, 0) is 4.43 Å². The first-order valence-electron chi connectivity index (χ1n) is 15.0. The molecule has 0 unspecified atom stereocenters. The summed E-state index contributed by atoms with van der Waals surface area (Å²) in [6.07, 6.45) is 10.5. The first kappa shape index (κ1) is 36.8. The second kappa shape index (κ2) is 17.2. The zero-order chi connectivity index (χ0) is 29.1. The molecule has 0 amide bonds. The fourth-order valence-electron chi connectivity index (χ4n) is 5.07. The normalized spacial score (nSPS) is 12.7. The maximum atomic E-state index is 6.63. The first-order chi connectivity index (χ1) is 19.0. The van der Waals surface area contributed by atoms with E-state index in [1.54, 1.807) is 0 Å². The van der Waals surface area contributed by atoms with E-state index in [1.165, 1.54) is 60.6 Å². The minimum Gasteiger partial charge on any atom is -1.00 e. The fraction of sp³-hybridized carbons (Fsp3) is 0.486. The Morgan fingerprint density at radius 2 is 0.976 bits per heavy atom. The largest absolute Gasteiger partial charge is 1.00 e. The third kappa shape index (κ3) is 10.9. The smallest absolute Gasteiger partial charge is 0.192 e. The van der Waals surface area contributed by atoms with Gasteiger partial charge in [-0.15, -0.1) is 0 Å². The molecule has 0 aliphatic rings. The highest BCUT2D eigenvalue weighted by molar-refractivity contribution is 7.95. The van der Waals surface area contributed by atoms with Gasteiger partial charge in [0.15, 0.2) is 8.32 Å². The van der Waals surface area contributed by atoms with E-state index in [-0.39, 0.29) is 29.0 Å². The molecule has 0 heterocycles. The Morgan fingerprint density at radius 3 is 1.37 bits per heavy atom. The van der Waals surface area contributed by atoms with Gasteiger partial charge in [0.05, 0.1) is 12.8 Å². The summed E-state index contributed by atoms with van der Waals surface area (Å²) in [5, 5.41) is 4.61. The predicted molar refractivity (Wildman–Crippen MR) is 185 cm³/mol. The molecular weight excluding hydrogens is 693 g/mol. The van der Waals surface area contributed by atoms with Gasteiger partial charge in [0, 0.05) is 0 Å². The molecule has 1 nitrogen and oxygen atoms in total. The summed E-state index contributed by atoms with van der Waals surface area (Å²) in [6, 6.07) is 33.7. The van der Waals surface area contributed by atoms with E-state index in [4.69, 9.17) is 27.6 Å². The van der Waals surface area contributed by atoms with Crippen LogP contribution < -0.4 is 39.9 Å². The molecule has 3 aromatic rings. The van der Waals surface area contributed by atoms with Gasteiger partial charge in [-0.05, 0) is 73.8 Å². The van der Waals surface area contributed by atoms with Crippen molar-refractivity contribution in [1.82, 2.24) is 0 Å². The second-order valence-corrected chi connectivity index (χ2v) is 22.7. The Bertz CT molecular complexity index is 1020. The predicted octanol–water partition coefficient (Wildman–Crippen LogP) is 7.30. The van der Waals surface area contributed by atoms with Crippen molar-refractivity contribution >= 4 is 54.7 Å². The molecule has 0 saturated carbocycles. The number of alkyl halides is 2. The van der Waals surface area contributed by atoms with Crippen LogP contribution in [0, 0.1) is 0 Å². The average molecular weight is 744 g/mol. The van der Waals surface area contributed by atoms with Crippen molar-refractivity contribution in [2.24, 2.45) is 0 Å². The van der Waals surface area contributed by atoms with Crippen molar-refractivity contribution in [3.8, 4) is 0 Å². The van der Waals surface area contributed by atoms with Gasteiger partial charge in [0.25, 0.3) is 0 Å². The maximum absolute atomic E-state index is 6.63. The molecule has 6 heteroatoms. The lowest BCUT2D eigenvalue weighted by Gasteiger charge is -2.37. The standard InChI is InChI=1S/C35H50Cl2OPSi.HI/c1-34(2,3)40(4,5)38-30-35(36,37)28-20-9-7-6-8-10-21-29-39(31-22-14-11-15-23-31,32-24-16-12-17-25-32)33-26-18-13-19-27-33;/h11-19,22-27H,6-10,20-21,28-30H2,1-5H3;1H/q+1;/p-1. The lowest BCUT2D eigenvalue weighted by atomic mass is 10.1. The Morgan fingerprint density at radius 1 is 0.610 bits per heavy atom. The van der Waals surface area contributed by atoms with Gasteiger partial charge in [-0.2, -0.15) is 0 Å². The summed E-state index contributed by atoms with van der Waals surface area (Å²) < 4.78 is 5.50. The summed E-state index contributed by atoms with van der Waals surface area (Å²) in [4.78, 5) is 0. The van der Waals surface area contributed by atoms with E-state index in [1.807, 2.05) is 0 Å². The molecule has 0 aromatic heterocycles. The van der Waals surface area contributed by atoms with Gasteiger partial charge in [-0.25, -0.2) is 0 Å². The van der Waals surface area contributed by atoms with Crippen LogP contribution in [0.3, 0.4) is 0 Å². The van der Waals surface area contributed by atoms with Crippen molar-refractivity contribution < 1.29 is 28.4 Å². The Labute approximate surface area is 279 Å². The number of benzene rings is 3. The molecule has 0 aliphatic heterocycles. The summed E-state index contributed by atoms with van der Waals surface area (Å²) in [5.41, 5.74) is 0. The molecule has 0 bridgehead atoms. The number of rotatable bonds is 16. The minimum atomic E-state index is -1.83. The molecule has 0 aliphatic carbocycles. The molecule has 41 heavy (non-hydrogen) atoms. The summed E-state index contributed by atoms with van der Waals surface area (Å²) in [7, 11) is -3.54. The van der Waals surface area contributed by atoms with Gasteiger partial charge in [-0.1, -0.05) is 131 Å². The molecule has 3 rings (SSSR count). The van der Waals surface area contributed by atoms with Crippen molar-refractivity contribution in [2.45, 2.75) is 94.6 Å². The summed E-state index contributed by atoms with van der Waals surface area (Å²) >= 11 is 13.3. The van der Waals surface area contributed by atoms with Crippen LogP contribution in [-0.4, -0.2) is 25.4 Å². The van der Waals surface area contributed by atoms with Gasteiger partial charge >= 0.3 is 0 Å². The van der Waals surface area contributed by atoms with E-state index < -0.39 is 19.9 Å². The van der Waals surface area contributed by atoms with Crippen LogP contribution in [0.15, 0.2) is 91.0 Å². The Balaban J connectivity index is 0.00000588. The Kier molecular flexibility index (Phi) is 15.4. The molecule has 0 spiro atoms. The highest BCUT2D eigenvalue weighted by Crippen LogP contribution is 2.56. The topological polar surface area (TPSA) is 9.23 Å². The summed E-state index contributed by atoms with van der Waals surface area (Å²) in [5.74, 6) is 0. The minimum absolute atomic E-state index is 0. The third-order valence-electron chi connectivity index (χ3n) is 8.58. The zero-order valence-electron chi connectivity index (χ0n) is 25.7. The average Bonchev–Trinajstić information content (AvgIpc) is 2.94. The second-order valence-electron chi connectivity index (χ2n) is 12.7. The highest BCUT2D eigenvalue weighted by atomic mass is 127. The number of unbranched alkanes of at least 4 members (excludes halogenated alkanes) is 6. The van der Waals surface area contributed by atoms with Crippen molar-refractivity contribution in [1.29, 1.82) is 0 Å². The van der Waals surface area contributed by atoms with Gasteiger partial charge in [0.2, 0.25) is 0 Å². The van der Waals surface area contributed by atoms with Crippen molar-refractivity contribution in [3.05, 3.63) is 91.0 Å². The van der Waals surface area contributed by atoms with Crippen LogP contribution in [0.2, 0.25) is 18.1 Å². The van der Waals surface area contributed by atoms with Crippen LogP contribution in [0.5, 0.6) is 0 Å². The molecule has 0 N–H and O–H groups in total. The maximum Gasteiger partial charge on any atom is 0.192 e. The van der Waals surface area contributed by atoms with Crippen LogP contribution >= 0.6 is 30.5 Å². The highest BCUT2D eigenvalue weighted by Gasteiger charge is 2.44. The van der Waals surface area contributed by atoms with Crippen molar-refractivity contribution in [3.63, 3.8) is 0 Å². The van der Waals surface area contributed by atoms with E-state index in [0.29, 0.717) is 6.61 Å². The van der Waals surface area contributed by atoms with Crippen molar-refractivity contribution in [2.75, 3.05) is 12.8 Å². The van der Waals surface area contributed by atoms with Gasteiger partial charge in [0.1, 0.15) is 27.5 Å². The van der Waals surface area contributed by atoms with Crippen LogP contribution in [0.4, 0.5) is 0 Å². The van der Waals surface area contributed by atoms with Crippen LogP contribution in [0.1, 0.15) is 72.1 Å². The molecule has 0 saturated heterocycles. The molecule has 0 fully saturated rings. The molecule has 0 atom stereocenters. The summed E-state index contributed by atoms with van der Waals surface area (Å²) in [6.45, 7) is 11.7. The quantitative estimate of drug-likeness (QED) is 0.0493. The number of hydrogen-bond acceptors (Lipinski definition) is 1. The van der Waals surface area contributed by atoms with Gasteiger partial charge in [-0.3, -0.25) is 0 Å². The number of hydrogen-bond donors (Lipinski definition) is 0. The van der Waals surface area contributed by atoms with E-state index >= 15 is 0 Å². The van der Waals surface area contributed by atoms with E-state index in [2.05, 4.69) is 125 Å². The first-order valence-corrected chi connectivity index (χ1v) is 20.7.